The van der Waals surface area contributed by atoms with Gasteiger partial charge in [-0.15, -0.1) is 5.10 Å². The number of nitrogens with zero attached hydrogens (tertiary/aromatic N) is 3. The first-order chi connectivity index (χ1) is 8.29. The van der Waals surface area contributed by atoms with Gasteiger partial charge in [-0.25, -0.2) is 4.68 Å². The van der Waals surface area contributed by atoms with Gasteiger partial charge in [0.15, 0.2) is 0 Å². The number of hydrogen-bond donors (Lipinski definition) is 1. The Labute approximate surface area is 115 Å². The molecule has 4 nitrogen and oxygen atoms in total. The third-order valence-corrected chi connectivity index (χ3v) is 3.35. The first-order valence-corrected chi connectivity index (χ1v) is 6.50. The highest BCUT2D eigenvalue weighted by Gasteiger charge is 2.21. The second-order valence-corrected chi connectivity index (χ2v) is 5.87. The Balaban J connectivity index is 2.53. The molecule has 0 bridgehead atoms. The molecule has 1 heterocycles. The van der Waals surface area contributed by atoms with Gasteiger partial charge in [-0.2, -0.15) is 0 Å². The van der Waals surface area contributed by atoms with Gasteiger partial charge in [0, 0.05) is 4.47 Å². The van der Waals surface area contributed by atoms with Crippen molar-refractivity contribution in [2.45, 2.75) is 33.3 Å². The van der Waals surface area contributed by atoms with Crippen molar-refractivity contribution < 1.29 is 5.11 Å². The maximum absolute atomic E-state index is 9.90. The minimum atomic E-state index is -0.983. The predicted molar refractivity (Wildman–Crippen MR) is 73.8 cm³/mol. The molecule has 0 fully saturated rings. The monoisotopic (exact) mass is 309 g/mol. The van der Waals surface area contributed by atoms with Crippen LogP contribution >= 0.6 is 15.9 Å². The van der Waals surface area contributed by atoms with E-state index in [4.69, 9.17) is 0 Å². The van der Waals surface area contributed by atoms with Crippen LogP contribution in [0.4, 0.5) is 0 Å². The zero-order chi connectivity index (χ0) is 13.5. The number of aliphatic hydroxyl groups is 1. The molecule has 0 saturated heterocycles. The molecule has 1 N–H and O–H groups in total. The maximum atomic E-state index is 9.90. The summed E-state index contributed by atoms with van der Waals surface area (Å²) in [6.07, 6.45) is 1.75. The fourth-order valence-corrected chi connectivity index (χ4v) is 2.71. The fourth-order valence-electron chi connectivity index (χ4n) is 1.85. The quantitative estimate of drug-likeness (QED) is 0.928. The van der Waals surface area contributed by atoms with E-state index < -0.39 is 5.60 Å². The van der Waals surface area contributed by atoms with Gasteiger partial charge in [0.05, 0.1) is 11.9 Å². The van der Waals surface area contributed by atoms with Crippen molar-refractivity contribution in [3.8, 4) is 5.69 Å². The molecular formula is C13H16BrN3O. The van der Waals surface area contributed by atoms with E-state index in [1.807, 2.05) is 19.9 Å². The molecule has 0 aliphatic carbocycles. The molecule has 0 unspecified atom stereocenters. The molecule has 0 aliphatic heterocycles. The van der Waals surface area contributed by atoms with Crippen molar-refractivity contribution >= 4 is 15.9 Å². The number of aryl methyl sites for hydroxylation is 2. The molecule has 5 heteroatoms. The average molecular weight is 310 g/mol. The molecule has 0 atom stereocenters. The summed E-state index contributed by atoms with van der Waals surface area (Å²) in [6.45, 7) is 7.46. The van der Waals surface area contributed by atoms with Crippen LogP contribution < -0.4 is 0 Å². The topological polar surface area (TPSA) is 50.9 Å². The van der Waals surface area contributed by atoms with Gasteiger partial charge in [0.1, 0.15) is 11.3 Å². The minimum absolute atomic E-state index is 0.550. The van der Waals surface area contributed by atoms with Gasteiger partial charge in [-0.05, 0) is 60.8 Å². The number of rotatable bonds is 2. The SMILES string of the molecule is Cc1cc(C)c(-n2cc(C(C)(C)O)nn2)c(Br)c1. The van der Waals surface area contributed by atoms with Gasteiger partial charge in [0.2, 0.25) is 0 Å². The zero-order valence-electron chi connectivity index (χ0n) is 10.9. The standard InChI is InChI=1S/C13H16BrN3O/c1-8-5-9(2)12(10(14)6-8)17-7-11(15-16-17)13(3,4)18/h5-7,18H,1-4H3. The summed E-state index contributed by atoms with van der Waals surface area (Å²) < 4.78 is 2.65. The van der Waals surface area contributed by atoms with Crippen LogP contribution in [0.5, 0.6) is 0 Å². The first kappa shape index (κ1) is 13.2. The van der Waals surface area contributed by atoms with Crippen molar-refractivity contribution in [3.63, 3.8) is 0 Å². The van der Waals surface area contributed by atoms with Crippen LogP contribution in [0.1, 0.15) is 30.7 Å². The van der Waals surface area contributed by atoms with Crippen molar-refractivity contribution in [2.75, 3.05) is 0 Å². The zero-order valence-corrected chi connectivity index (χ0v) is 12.5. The van der Waals surface area contributed by atoms with Crippen molar-refractivity contribution in [1.29, 1.82) is 0 Å². The van der Waals surface area contributed by atoms with Crippen molar-refractivity contribution in [1.82, 2.24) is 15.0 Å². The molecule has 0 radical (unpaired) electrons. The first-order valence-electron chi connectivity index (χ1n) is 5.71. The molecule has 1 aromatic heterocycles. The summed E-state index contributed by atoms with van der Waals surface area (Å²) in [6, 6.07) is 4.12. The van der Waals surface area contributed by atoms with Crippen LogP contribution in [-0.2, 0) is 5.60 Å². The van der Waals surface area contributed by atoms with E-state index >= 15 is 0 Å². The van der Waals surface area contributed by atoms with Crippen LogP contribution in [0.3, 0.4) is 0 Å². The summed E-state index contributed by atoms with van der Waals surface area (Å²) >= 11 is 3.54. The number of aromatic nitrogens is 3. The molecule has 2 rings (SSSR count). The third-order valence-electron chi connectivity index (χ3n) is 2.75. The Bertz CT molecular complexity index is 561. The summed E-state index contributed by atoms with van der Waals surface area (Å²) in [5.74, 6) is 0. The normalized spacial score (nSPS) is 11.9. The van der Waals surface area contributed by atoms with Crippen molar-refractivity contribution in [3.05, 3.63) is 39.6 Å². The predicted octanol–water partition coefficient (Wildman–Crippen LogP) is 2.87. The summed E-state index contributed by atoms with van der Waals surface area (Å²) in [7, 11) is 0. The second kappa shape index (κ2) is 4.48. The molecule has 0 aliphatic rings. The van der Waals surface area contributed by atoms with Gasteiger partial charge in [-0.1, -0.05) is 11.3 Å². The summed E-state index contributed by atoms with van der Waals surface area (Å²) in [5.41, 5.74) is 2.81. The molecule has 96 valence electrons. The van der Waals surface area contributed by atoms with E-state index in [9.17, 15) is 5.11 Å². The lowest BCUT2D eigenvalue weighted by atomic mass is 10.1. The lowest BCUT2D eigenvalue weighted by molar-refractivity contribution is 0.0737. The van der Waals surface area contributed by atoms with E-state index in [2.05, 4.69) is 32.3 Å². The highest BCUT2D eigenvalue weighted by atomic mass is 79.9. The Morgan fingerprint density at radius 1 is 1.28 bits per heavy atom. The third kappa shape index (κ3) is 2.47. The van der Waals surface area contributed by atoms with E-state index in [0.717, 1.165) is 15.7 Å². The van der Waals surface area contributed by atoms with E-state index in [-0.39, 0.29) is 0 Å². The molecule has 0 spiro atoms. The van der Waals surface area contributed by atoms with E-state index in [1.165, 1.54) is 5.56 Å². The Hall–Kier alpha value is -1.20. The van der Waals surface area contributed by atoms with Gasteiger partial charge >= 0.3 is 0 Å². The minimum Gasteiger partial charge on any atom is -0.384 e. The number of benzene rings is 1. The number of hydrogen-bond acceptors (Lipinski definition) is 3. The van der Waals surface area contributed by atoms with Gasteiger partial charge < -0.3 is 5.11 Å². The second-order valence-electron chi connectivity index (χ2n) is 5.02. The molecule has 0 saturated carbocycles. The Morgan fingerprint density at radius 2 is 1.94 bits per heavy atom. The van der Waals surface area contributed by atoms with Crippen LogP contribution in [-0.4, -0.2) is 20.1 Å². The smallest absolute Gasteiger partial charge is 0.114 e. The molecule has 0 amide bonds. The highest BCUT2D eigenvalue weighted by molar-refractivity contribution is 9.10. The Morgan fingerprint density at radius 3 is 2.44 bits per heavy atom. The molecule has 1 aromatic carbocycles. The van der Waals surface area contributed by atoms with E-state index in [1.54, 1.807) is 24.7 Å². The highest BCUT2D eigenvalue weighted by Crippen LogP contribution is 2.27. The van der Waals surface area contributed by atoms with Crippen LogP contribution in [0, 0.1) is 13.8 Å². The summed E-state index contributed by atoms with van der Waals surface area (Å²) in [4.78, 5) is 0. The van der Waals surface area contributed by atoms with E-state index in [0.29, 0.717) is 5.69 Å². The largest absolute Gasteiger partial charge is 0.384 e. The molecule has 2 aromatic rings. The molecule has 18 heavy (non-hydrogen) atoms. The summed E-state index contributed by atoms with van der Waals surface area (Å²) in [5, 5.41) is 18.0. The fraction of sp³-hybridized carbons (Fsp3) is 0.385. The molecular weight excluding hydrogens is 294 g/mol. The van der Waals surface area contributed by atoms with Crippen LogP contribution in [0.15, 0.2) is 22.8 Å². The number of halogens is 1. The lowest BCUT2D eigenvalue weighted by Gasteiger charge is -2.12. The Kier molecular flexibility index (Phi) is 3.29. The average Bonchev–Trinajstić information content (AvgIpc) is 2.64. The van der Waals surface area contributed by atoms with Gasteiger partial charge in [0.25, 0.3) is 0 Å². The lowest BCUT2D eigenvalue weighted by Crippen LogP contribution is -2.15. The van der Waals surface area contributed by atoms with Crippen LogP contribution in [0.2, 0.25) is 0 Å². The maximum Gasteiger partial charge on any atom is 0.114 e. The van der Waals surface area contributed by atoms with Crippen molar-refractivity contribution in [2.24, 2.45) is 0 Å². The van der Waals surface area contributed by atoms with Crippen LogP contribution in [0.25, 0.3) is 5.69 Å². The van der Waals surface area contributed by atoms with Gasteiger partial charge in [-0.3, -0.25) is 0 Å².